The van der Waals surface area contributed by atoms with Gasteiger partial charge < -0.3 is 5.32 Å². The number of thiazole rings is 1. The standard InChI is InChI=1S/C10H16N2S2/c1-7-6-14-10(11-7)12-8-3-4-9(5-8)13-2/h6,8-9H,3-5H2,1-2H3,(H,11,12). The topological polar surface area (TPSA) is 24.9 Å². The number of hydrogen-bond acceptors (Lipinski definition) is 4. The van der Waals surface area contributed by atoms with Crippen molar-refractivity contribution in [3.8, 4) is 0 Å². The van der Waals surface area contributed by atoms with E-state index in [9.17, 15) is 0 Å². The van der Waals surface area contributed by atoms with Crippen LogP contribution in [0.15, 0.2) is 5.38 Å². The number of rotatable bonds is 3. The number of nitrogens with one attached hydrogen (secondary N) is 1. The highest BCUT2D eigenvalue weighted by Crippen LogP contribution is 2.30. The van der Waals surface area contributed by atoms with E-state index in [1.165, 1.54) is 19.3 Å². The van der Waals surface area contributed by atoms with Crippen LogP contribution in [0.2, 0.25) is 0 Å². The van der Waals surface area contributed by atoms with E-state index in [-0.39, 0.29) is 0 Å². The summed E-state index contributed by atoms with van der Waals surface area (Å²) in [4.78, 5) is 4.43. The van der Waals surface area contributed by atoms with Gasteiger partial charge in [-0.3, -0.25) is 0 Å². The lowest BCUT2D eigenvalue weighted by Crippen LogP contribution is -2.15. The van der Waals surface area contributed by atoms with Gasteiger partial charge in [0.25, 0.3) is 0 Å². The summed E-state index contributed by atoms with van der Waals surface area (Å²) < 4.78 is 0. The summed E-state index contributed by atoms with van der Waals surface area (Å²) >= 11 is 3.71. The molecule has 1 saturated carbocycles. The van der Waals surface area contributed by atoms with Gasteiger partial charge in [0.15, 0.2) is 5.13 Å². The van der Waals surface area contributed by atoms with Crippen molar-refractivity contribution in [1.82, 2.24) is 4.98 Å². The van der Waals surface area contributed by atoms with Gasteiger partial charge in [0.05, 0.1) is 5.69 Å². The largest absolute Gasteiger partial charge is 0.359 e. The predicted molar refractivity (Wildman–Crippen MR) is 65.4 cm³/mol. The quantitative estimate of drug-likeness (QED) is 0.860. The van der Waals surface area contributed by atoms with Crippen LogP contribution in [-0.2, 0) is 0 Å². The Morgan fingerprint density at radius 1 is 1.57 bits per heavy atom. The third-order valence-corrected chi connectivity index (χ3v) is 4.65. The van der Waals surface area contributed by atoms with Crippen LogP contribution >= 0.6 is 23.1 Å². The summed E-state index contributed by atoms with van der Waals surface area (Å²) in [5.74, 6) is 0. The molecule has 0 spiro atoms. The van der Waals surface area contributed by atoms with Crippen LogP contribution in [-0.4, -0.2) is 22.5 Å². The van der Waals surface area contributed by atoms with Gasteiger partial charge in [-0.2, -0.15) is 11.8 Å². The Labute approximate surface area is 93.5 Å². The molecule has 0 amide bonds. The third kappa shape index (κ3) is 2.42. The highest BCUT2D eigenvalue weighted by molar-refractivity contribution is 7.99. The first-order chi connectivity index (χ1) is 6.78. The second-order valence-corrected chi connectivity index (χ2v) is 5.80. The molecule has 4 heteroatoms. The highest BCUT2D eigenvalue weighted by Gasteiger charge is 2.24. The van der Waals surface area contributed by atoms with Gasteiger partial charge in [-0.15, -0.1) is 11.3 Å². The van der Waals surface area contributed by atoms with Crippen LogP contribution < -0.4 is 5.32 Å². The number of thioether (sulfide) groups is 1. The molecular weight excluding hydrogens is 212 g/mol. The maximum Gasteiger partial charge on any atom is 0.183 e. The number of aromatic nitrogens is 1. The molecule has 78 valence electrons. The maximum absolute atomic E-state index is 4.43. The minimum Gasteiger partial charge on any atom is -0.359 e. The van der Waals surface area contributed by atoms with Crippen molar-refractivity contribution in [2.24, 2.45) is 0 Å². The summed E-state index contributed by atoms with van der Waals surface area (Å²) in [5, 5.41) is 7.57. The Balaban J connectivity index is 1.87. The Kier molecular flexibility index (Phi) is 3.34. The molecule has 0 radical (unpaired) electrons. The van der Waals surface area contributed by atoms with Gasteiger partial charge in [0, 0.05) is 16.7 Å². The highest BCUT2D eigenvalue weighted by atomic mass is 32.2. The first-order valence-corrected chi connectivity index (χ1v) is 7.16. The van der Waals surface area contributed by atoms with Gasteiger partial charge in [-0.05, 0) is 32.4 Å². The lowest BCUT2D eigenvalue weighted by Gasteiger charge is -2.10. The summed E-state index contributed by atoms with van der Waals surface area (Å²) in [6.45, 7) is 2.04. The molecule has 1 aliphatic carbocycles. The molecule has 1 heterocycles. The van der Waals surface area contributed by atoms with Gasteiger partial charge >= 0.3 is 0 Å². The summed E-state index contributed by atoms with van der Waals surface area (Å²) in [7, 11) is 0. The van der Waals surface area contributed by atoms with E-state index in [4.69, 9.17) is 0 Å². The van der Waals surface area contributed by atoms with E-state index in [0.29, 0.717) is 6.04 Å². The summed E-state index contributed by atoms with van der Waals surface area (Å²) in [6.07, 6.45) is 6.15. The summed E-state index contributed by atoms with van der Waals surface area (Å²) in [5.41, 5.74) is 1.12. The first kappa shape index (κ1) is 10.3. The number of hydrogen-bond donors (Lipinski definition) is 1. The molecule has 1 aromatic heterocycles. The second-order valence-electron chi connectivity index (χ2n) is 3.81. The van der Waals surface area contributed by atoms with Crippen molar-refractivity contribution in [3.05, 3.63) is 11.1 Å². The molecule has 1 N–H and O–H groups in total. The van der Waals surface area contributed by atoms with Crippen molar-refractivity contribution >= 4 is 28.2 Å². The van der Waals surface area contributed by atoms with Crippen LogP contribution in [0.4, 0.5) is 5.13 Å². The van der Waals surface area contributed by atoms with Crippen LogP contribution in [0.5, 0.6) is 0 Å². The van der Waals surface area contributed by atoms with Crippen LogP contribution in [0, 0.1) is 6.92 Å². The molecule has 2 atom stereocenters. The Morgan fingerprint density at radius 2 is 2.43 bits per heavy atom. The van der Waals surface area contributed by atoms with Crippen LogP contribution in [0.1, 0.15) is 25.0 Å². The fourth-order valence-corrected chi connectivity index (χ4v) is 3.44. The average Bonchev–Trinajstić information content (AvgIpc) is 2.76. The minimum absolute atomic E-state index is 0.651. The molecule has 2 unspecified atom stereocenters. The molecular formula is C10H16N2S2. The average molecular weight is 228 g/mol. The molecule has 2 rings (SSSR count). The zero-order valence-corrected chi connectivity index (χ0v) is 10.3. The van der Waals surface area contributed by atoms with Crippen LogP contribution in [0.3, 0.4) is 0 Å². The number of nitrogens with zero attached hydrogens (tertiary/aromatic N) is 1. The molecule has 0 saturated heterocycles. The van der Waals surface area contributed by atoms with Crippen molar-refractivity contribution in [2.75, 3.05) is 11.6 Å². The monoisotopic (exact) mass is 228 g/mol. The Hall–Kier alpha value is -0.220. The molecule has 14 heavy (non-hydrogen) atoms. The number of anilines is 1. The zero-order chi connectivity index (χ0) is 9.97. The van der Waals surface area contributed by atoms with E-state index in [2.05, 4.69) is 21.9 Å². The number of aryl methyl sites for hydroxylation is 1. The molecule has 2 nitrogen and oxygen atoms in total. The Bertz CT molecular complexity index is 298. The fraction of sp³-hybridized carbons (Fsp3) is 0.700. The molecule has 1 aliphatic rings. The lowest BCUT2D eigenvalue weighted by molar-refractivity contribution is 0.755. The van der Waals surface area contributed by atoms with Gasteiger partial charge in [0.2, 0.25) is 0 Å². The molecule has 0 aromatic carbocycles. The van der Waals surface area contributed by atoms with Gasteiger partial charge in [-0.25, -0.2) is 4.98 Å². The van der Waals surface area contributed by atoms with E-state index in [1.807, 2.05) is 18.7 Å². The van der Waals surface area contributed by atoms with Crippen molar-refractivity contribution in [1.29, 1.82) is 0 Å². The van der Waals surface area contributed by atoms with Gasteiger partial charge in [-0.1, -0.05) is 0 Å². The second kappa shape index (κ2) is 4.53. The van der Waals surface area contributed by atoms with Crippen molar-refractivity contribution < 1.29 is 0 Å². The third-order valence-electron chi connectivity index (χ3n) is 2.66. The molecule has 1 aromatic rings. The van der Waals surface area contributed by atoms with Crippen molar-refractivity contribution in [2.45, 2.75) is 37.5 Å². The molecule has 1 fully saturated rings. The summed E-state index contributed by atoms with van der Waals surface area (Å²) in [6, 6.07) is 0.651. The first-order valence-electron chi connectivity index (χ1n) is 4.99. The van der Waals surface area contributed by atoms with Crippen molar-refractivity contribution in [3.63, 3.8) is 0 Å². The molecule has 0 aliphatic heterocycles. The maximum atomic E-state index is 4.43. The molecule has 0 bridgehead atoms. The fourth-order valence-electron chi connectivity index (χ4n) is 1.88. The minimum atomic E-state index is 0.651. The van der Waals surface area contributed by atoms with Gasteiger partial charge in [0.1, 0.15) is 0 Å². The van der Waals surface area contributed by atoms with E-state index >= 15 is 0 Å². The van der Waals surface area contributed by atoms with E-state index in [0.717, 1.165) is 16.1 Å². The lowest BCUT2D eigenvalue weighted by atomic mass is 10.3. The van der Waals surface area contributed by atoms with Crippen LogP contribution in [0.25, 0.3) is 0 Å². The zero-order valence-electron chi connectivity index (χ0n) is 8.62. The Morgan fingerprint density at radius 3 is 3.00 bits per heavy atom. The van der Waals surface area contributed by atoms with E-state index < -0.39 is 0 Å². The smallest absolute Gasteiger partial charge is 0.183 e. The van der Waals surface area contributed by atoms with E-state index in [1.54, 1.807) is 11.3 Å². The normalized spacial score (nSPS) is 26.7. The predicted octanol–water partition coefficient (Wildman–Crippen LogP) is 3.15. The SMILES string of the molecule is CSC1CCC(Nc2nc(C)cs2)C1.